The van der Waals surface area contributed by atoms with Crippen molar-refractivity contribution in [3.8, 4) is 0 Å². The van der Waals surface area contributed by atoms with E-state index in [4.69, 9.17) is 4.98 Å². The Morgan fingerprint density at radius 1 is 0.958 bits per heavy atom. The molecule has 1 aliphatic heterocycles. The fraction of sp³-hybridized carbons (Fsp3) is 0.350. The van der Waals surface area contributed by atoms with Gasteiger partial charge in [0.2, 0.25) is 0 Å². The number of hydrogen-bond acceptors (Lipinski definition) is 2. The van der Waals surface area contributed by atoms with Crippen LogP contribution in [0.15, 0.2) is 54.6 Å². The van der Waals surface area contributed by atoms with Crippen LogP contribution in [-0.2, 0) is 13.0 Å². The van der Waals surface area contributed by atoms with Crippen LogP contribution >= 0.6 is 0 Å². The van der Waals surface area contributed by atoms with Crippen molar-refractivity contribution in [2.24, 2.45) is 5.92 Å². The molecule has 3 N–H and O–H groups in total. The molecule has 24 heavy (non-hydrogen) atoms. The van der Waals surface area contributed by atoms with Crippen LogP contribution in [0.1, 0.15) is 24.2 Å². The van der Waals surface area contributed by atoms with Gasteiger partial charge in [0.05, 0.1) is 11.0 Å². The van der Waals surface area contributed by atoms with Crippen LogP contribution in [-0.4, -0.2) is 28.1 Å². The van der Waals surface area contributed by atoms with Gasteiger partial charge in [-0.05, 0) is 49.5 Å². The zero-order valence-corrected chi connectivity index (χ0v) is 13.9. The lowest BCUT2D eigenvalue weighted by Gasteiger charge is -2.22. The molecule has 3 aromatic rings. The monoisotopic (exact) mass is 323 g/mol. The number of fused-ring (bicyclic) bond motifs is 1. The molecule has 1 aromatic heterocycles. The van der Waals surface area contributed by atoms with E-state index in [0.29, 0.717) is 0 Å². The Kier molecular flexibility index (Phi) is 5.28. The Morgan fingerprint density at radius 2 is 1.67 bits per heavy atom. The normalized spacial score (nSPS) is 15.3. The number of rotatable bonds is 4. The van der Waals surface area contributed by atoms with Crippen molar-refractivity contribution in [1.82, 2.24) is 14.9 Å². The summed E-state index contributed by atoms with van der Waals surface area (Å²) >= 11 is 0. The standard InChI is InChI=1S/C20H23N3.H2O/c1-2-6-17(7-3-1)15-23-19-9-5-4-8-18(19)22-20(23)14-16-10-12-21-13-11-16;/h1-9,16,21H,10-15H2;1H2. The van der Waals surface area contributed by atoms with E-state index in [1.807, 2.05) is 0 Å². The summed E-state index contributed by atoms with van der Waals surface area (Å²) in [7, 11) is 0. The van der Waals surface area contributed by atoms with Crippen LogP contribution < -0.4 is 5.32 Å². The third-order valence-corrected chi connectivity index (χ3v) is 4.85. The maximum Gasteiger partial charge on any atom is 0.110 e. The molecular formula is C20H25N3O. The Balaban J connectivity index is 0.00000169. The van der Waals surface area contributed by atoms with Crippen molar-refractivity contribution in [2.75, 3.05) is 13.1 Å². The van der Waals surface area contributed by atoms with Gasteiger partial charge in [0.1, 0.15) is 5.82 Å². The van der Waals surface area contributed by atoms with Gasteiger partial charge < -0.3 is 15.4 Å². The molecule has 0 radical (unpaired) electrons. The average Bonchev–Trinajstić information content (AvgIpc) is 2.94. The maximum atomic E-state index is 4.95. The lowest BCUT2D eigenvalue weighted by molar-refractivity contribution is 0.364. The highest BCUT2D eigenvalue weighted by atomic mass is 16.0. The van der Waals surface area contributed by atoms with Gasteiger partial charge in [-0.2, -0.15) is 0 Å². The molecule has 1 saturated heterocycles. The highest BCUT2D eigenvalue weighted by Gasteiger charge is 2.18. The highest BCUT2D eigenvalue weighted by Crippen LogP contribution is 2.23. The summed E-state index contributed by atoms with van der Waals surface area (Å²) < 4.78 is 2.41. The third-order valence-electron chi connectivity index (χ3n) is 4.85. The first kappa shape index (κ1) is 16.7. The van der Waals surface area contributed by atoms with Crippen LogP contribution in [0.4, 0.5) is 0 Å². The molecule has 0 saturated carbocycles. The molecule has 4 heteroatoms. The zero-order valence-electron chi connectivity index (χ0n) is 13.9. The molecule has 2 aromatic carbocycles. The highest BCUT2D eigenvalue weighted by molar-refractivity contribution is 5.76. The molecule has 0 aliphatic carbocycles. The minimum Gasteiger partial charge on any atom is -0.412 e. The summed E-state index contributed by atoms with van der Waals surface area (Å²) in [5.74, 6) is 1.99. The fourth-order valence-corrected chi connectivity index (χ4v) is 3.57. The van der Waals surface area contributed by atoms with E-state index >= 15 is 0 Å². The first-order valence-electron chi connectivity index (χ1n) is 8.59. The van der Waals surface area contributed by atoms with Gasteiger partial charge in [-0.15, -0.1) is 0 Å². The van der Waals surface area contributed by atoms with E-state index in [9.17, 15) is 0 Å². The van der Waals surface area contributed by atoms with Crippen LogP contribution in [0.25, 0.3) is 11.0 Å². The molecule has 4 nitrogen and oxygen atoms in total. The van der Waals surface area contributed by atoms with E-state index < -0.39 is 0 Å². The molecule has 126 valence electrons. The summed E-state index contributed by atoms with van der Waals surface area (Å²) in [4.78, 5) is 4.95. The summed E-state index contributed by atoms with van der Waals surface area (Å²) in [6.07, 6.45) is 3.60. The van der Waals surface area contributed by atoms with Gasteiger partial charge >= 0.3 is 0 Å². The zero-order chi connectivity index (χ0) is 15.5. The topological polar surface area (TPSA) is 61.4 Å². The van der Waals surface area contributed by atoms with Gasteiger partial charge in [-0.25, -0.2) is 4.98 Å². The molecule has 4 rings (SSSR count). The maximum absolute atomic E-state index is 4.95. The van der Waals surface area contributed by atoms with E-state index in [1.54, 1.807) is 0 Å². The third kappa shape index (κ3) is 3.50. The number of benzene rings is 2. The Hall–Kier alpha value is -2.17. The largest absolute Gasteiger partial charge is 0.412 e. The molecule has 0 unspecified atom stereocenters. The molecular weight excluding hydrogens is 298 g/mol. The number of nitrogens with one attached hydrogen (secondary N) is 1. The summed E-state index contributed by atoms with van der Waals surface area (Å²) in [6.45, 7) is 3.19. The second kappa shape index (κ2) is 7.60. The summed E-state index contributed by atoms with van der Waals surface area (Å²) in [5.41, 5.74) is 3.70. The summed E-state index contributed by atoms with van der Waals surface area (Å²) in [5, 5.41) is 3.45. The first-order chi connectivity index (χ1) is 11.4. The molecule has 0 amide bonds. The van der Waals surface area contributed by atoms with E-state index in [0.717, 1.165) is 37.5 Å². The summed E-state index contributed by atoms with van der Waals surface area (Å²) in [6, 6.07) is 19.2. The molecule has 2 heterocycles. The predicted octanol–water partition coefficient (Wildman–Crippen LogP) is 2.80. The lowest BCUT2D eigenvalue weighted by Crippen LogP contribution is -2.29. The fourth-order valence-electron chi connectivity index (χ4n) is 3.57. The van der Waals surface area contributed by atoms with Gasteiger partial charge in [0.25, 0.3) is 0 Å². The van der Waals surface area contributed by atoms with Gasteiger partial charge in [-0.1, -0.05) is 42.5 Å². The second-order valence-electron chi connectivity index (χ2n) is 6.49. The van der Waals surface area contributed by atoms with Crippen LogP contribution in [0.5, 0.6) is 0 Å². The molecule has 1 fully saturated rings. The molecule has 0 bridgehead atoms. The second-order valence-corrected chi connectivity index (χ2v) is 6.49. The van der Waals surface area contributed by atoms with E-state index in [2.05, 4.69) is 64.5 Å². The predicted molar refractivity (Wildman–Crippen MR) is 98.2 cm³/mol. The number of hydrogen-bond donors (Lipinski definition) is 1. The van der Waals surface area contributed by atoms with Crippen molar-refractivity contribution in [3.63, 3.8) is 0 Å². The van der Waals surface area contributed by atoms with Crippen molar-refractivity contribution in [3.05, 3.63) is 66.0 Å². The first-order valence-corrected chi connectivity index (χ1v) is 8.59. The minimum absolute atomic E-state index is 0. The van der Waals surface area contributed by atoms with Gasteiger partial charge in [0.15, 0.2) is 0 Å². The van der Waals surface area contributed by atoms with Crippen molar-refractivity contribution in [1.29, 1.82) is 0 Å². The van der Waals surface area contributed by atoms with Crippen LogP contribution in [0.2, 0.25) is 0 Å². The van der Waals surface area contributed by atoms with E-state index in [-0.39, 0.29) is 5.48 Å². The van der Waals surface area contributed by atoms with Crippen molar-refractivity contribution >= 4 is 11.0 Å². The molecule has 0 spiro atoms. The van der Waals surface area contributed by atoms with Crippen LogP contribution in [0, 0.1) is 5.92 Å². The Labute approximate surface area is 142 Å². The van der Waals surface area contributed by atoms with Crippen molar-refractivity contribution < 1.29 is 5.48 Å². The lowest BCUT2D eigenvalue weighted by atomic mass is 9.94. The van der Waals surface area contributed by atoms with Gasteiger partial charge in [-0.3, -0.25) is 0 Å². The average molecular weight is 323 g/mol. The molecule has 0 atom stereocenters. The van der Waals surface area contributed by atoms with Crippen molar-refractivity contribution in [2.45, 2.75) is 25.8 Å². The quantitative estimate of drug-likeness (QED) is 0.802. The number of aromatic nitrogens is 2. The number of imidazole rings is 1. The SMILES string of the molecule is O.c1ccc(Cn2c(CC3CCNCC3)nc3ccccc32)cc1. The Bertz CT molecular complexity index is 776. The number of para-hydroxylation sites is 2. The number of piperidine rings is 1. The number of nitrogens with zero attached hydrogens (tertiary/aromatic N) is 2. The van der Waals surface area contributed by atoms with E-state index in [1.165, 1.54) is 29.7 Å². The Morgan fingerprint density at radius 3 is 2.46 bits per heavy atom. The van der Waals surface area contributed by atoms with Crippen LogP contribution in [0.3, 0.4) is 0 Å². The van der Waals surface area contributed by atoms with Gasteiger partial charge in [0, 0.05) is 13.0 Å². The minimum atomic E-state index is 0. The smallest absolute Gasteiger partial charge is 0.110 e. The molecule has 1 aliphatic rings.